The van der Waals surface area contributed by atoms with Gasteiger partial charge >= 0.3 is 5.97 Å². The van der Waals surface area contributed by atoms with E-state index in [0.29, 0.717) is 16.4 Å². The standard InChI is InChI=1S/C24H16Br2O3S/c1-28-21-13-15(9-11-17-7-4-6-16-5-2-3-8-18(16)17)10-12-20(21)29-24(27)22-14-19(25)23(26)30-22/h2-14H,1H3/b11-9+. The number of carbonyl (C=O) groups is 1. The molecule has 4 aromatic rings. The first kappa shape index (κ1) is 20.8. The predicted molar refractivity (Wildman–Crippen MR) is 131 cm³/mol. The molecule has 0 aliphatic carbocycles. The van der Waals surface area contributed by atoms with E-state index in [1.54, 1.807) is 19.2 Å². The molecule has 0 radical (unpaired) electrons. The molecule has 3 nitrogen and oxygen atoms in total. The van der Waals surface area contributed by atoms with Crippen LogP contribution in [0.3, 0.4) is 0 Å². The predicted octanol–water partition coefficient (Wildman–Crippen LogP) is 7.82. The van der Waals surface area contributed by atoms with Gasteiger partial charge in [0.05, 0.1) is 10.9 Å². The first-order valence-corrected chi connectivity index (χ1v) is 11.5. The number of rotatable bonds is 5. The van der Waals surface area contributed by atoms with E-state index in [1.807, 2.05) is 36.4 Å². The maximum Gasteiger partial charge on any atom is 0.353 e. The third-order valence-electron chi connectivity index (χ3n) is 4.52. The van der Waals surface area contributed by atoms with E-state index in [-0.39, 0.29) is 0 Å². The van der Waals surface area contributed by atoms with E-state index in [2.05, 4.69) is 62.2 Å². The Morgan fingerprint density at radius 1 is 0.933 bits per heavy atom. The van der Waals surface area contributed by atoms with E-state index in [1.165, 1.54) is 22.1 Å². The number of carbonyl (C=O) groups excluding carboxylic acids is 1. The molecule has 0 unspecified atom stereocenters. The summed E-state index contributed by atoms with van der Waals surface area (Å²) < 4.78 is 12.7. The van der Waals surface area contributed by atoms with Gasteiger partial charge in [-0.15, -0.1) is 11.3 Å². The van der Waals surface area contributed by atoms with Crippen LogP contribution in [-0.2, 0) is 0 Å². The molecule has 1 heterocycles. The van der Waals surface area contributed by atoms with Crippen LogP contribution in [-0.4, -0.2) is 13.1 Å². The molecule has 30 heavy (non-hydrogen) atoms. The summed E-state index contributed by atoms with van der Waals surface area (Å²) in [5, 5.41) is 2.40. The van der Waals surface area contributed by atoms with Gasteiger partial charge in [0.2, 0.25) is 0 Å². The number of fused-ring (bicyclic) bond motifs is 1. The SMILES string of the molecule is COc1cc(/C=C/c2cccc3ccccc23)ccc1OC(=O)c1cc(Br)c(Br)s1. The highest BCUT2D eigenvalue weighted by Crippen LogP contribution is 2.34. The van der Waals surface area contributed by atoms with Gasteiger partial charge in [-0.05, 0) is 72.0 Å². The summed E-state index contributed by atoms with van der Waals surface area (Å²) >= 11 is 8.08. The topological polar surface area (TPSA) is 35.5 Å². The monoisotopic (exact) mass is 542 g/mol. The van der Waals surface area contributed by atoms with Crippen LogP contribution >= 0.6 is 43.2 Å². The Morgan fingerprint density at radius 2 is 1.73 bits per heavy atom. The molecule has 3 aromatic carbocycles. The number of hydrogen-bond donors (Lipinski definition) is 0. The highest BCUT2D eigenvalue weighted by Gasteiger charge is 2.16. The second-order valence-corrected chi connectivity index (χ2v) is 9.66. The fourth-order valence-corrected chi connectivity index (χ4v) is 4.96. The lowest BCUT2D eigenvalue weighted by Gasteiger charge is -2.09. The number of methoxy groups -OCH3 is 1. The molecule has 0 N–H and O–H groups in total. The Balaban J connectivity index is 1.57. The number of hydrogen-bond acceptors (Lipinski definition) is 4. The molecular weight excluding hydrogens is 528 g/mol. The molecule has 0 bridgehead atoms. The first-order valence-electron chi connectivity index (χ1n) is 9.06. The third-order valence-corrected chi connectivity index (χ3v) is 7.75. The Kier molecular flexibility index (Phi) is 6.37. The van der Waals surface area contributed by atoms with Crippen LogP contribution in [0.1, 0.15) is 20.8 Å². The summed E-state index contributed by atoms with van der Waals surface area (Å²) in [7, 11) is 1.56. The van der Waals surface area contributed by atoms with Crippen LogP contribution in [0, 0.1) is 0 Å². The molecule has 0 fully saturated rings. The quantitative estimate of drug-likeness (QED) is 0.146. The summed E-state index contributed by atoms with van der Waals surface area (Å²) in [6.07, 6.45) is 4.09. The van der Waals surface area contributed by atoms with Crippen molar-refractivity contribution < 1.29 is 14.3 Å². The van der Waals surface area contributed by atoms with Gasteiger partial charge in [0.1, 0.15) is 4.88 Å². The van der Waals surface area contributed by atoms with Gasteiger partial charge in [-0.3, -0.25) is 0 Å². The van der Waals surface area contributed by atoms with Crippen LogP contribution in [0.2, 0.25) is 0 Å². The first-order chi connectivity index (χ1) is 14.5. The van der Waals surface area contributed by atoms with Gasteiger partial charge in [0, 0.05) is 4.47 Å². The van der Waals surface area contributed by atoms with E-state index in [9.17, 15) is 4.79 Å². The van der Waals surface area contributed by atoms with Crippen molar-refractivity contribution in [3.63, 3.8) is 0 Å². The van der Waals surface area contributed by atoms with Crippen LogP contribution in [0.15, 0.2) is 75.0 Å². The molecule has 4 rings (SSSR count). The molecule has 0 atom stereocenters. The molecule has 0 spiro atoms. The molecular formula is C24H16Br2O3S. The maximum atomic E-state index is 12.4. The number of ether oxygens (including phenoxy) is 2. The highest BCUT2D eigenvalue weighted by molar-refractivity contribution is 9.13. The van der Waals surface area contributed by atoms with Gasteiger partial charge in [-0.1, -0.05) is 60.7 Å². The molecule has 0 aliphatic heterocycles. The van der Waals surface area contributed by atoms with Gasteiger partial charge in [0.25, 0.3) is 0 Å². The van der Waals surface area contributed by atoms with Gasteiger partial charge in [0.15, 0.2) is 11.5 Å². The van der Waals surface area contributed by atoms with Crippen molar-refractivity contribution in [2.24, 2.45) is 0 Å². The summed E-state index contributed by atoms with van der Waals surface area (Å²) in [5.41, 5.74) is 2.08. The Labute approximate surface area is 195 Å². The largest absolute Gasteiger partial charge is 0.493 e. The number of benzene rings is 3. The minimum atomic E-state index is -0.427. The zero-order valence-corrected chi connectivity index (χ0v) is 19.9. The summed E-state index contributed by atoms with van der Waals surface area (Å²) in [6.45, 7) is 0. The summed E-state index contributed by atoms with van der Waals surface area (Å²) in [5.74, 6) is 0.451. The molecule has 6 heteroatoms. The Morgan fingerprint density at radius 3 is 2.50 bits per heavy atom. The van der Waals surface area contributed by atoms with E-state index < -0.39 is 5.97 Å². The van der Waals surface area contributed by atoms with E-state index in [4.69, 9.17) is 9.47 Å². The van der Waals surface area contributed by atoms with E-state index in [0.717, 1.165) is 19.4 Å². The van der Waals surface area contributed by atoms with Crippen LogP contribution in [0.4, 0.5) is 0 Å². The fraction of sp³-hybridized carbons (Fsp3) is 0.0417. The van der Waals surface area contributed by atoms with Crippen molar-refractivity contribution in [3.8, 4) is 11.5 Å². The van der Waals surface area contributed by atoms with Crippen molar-refractivity contribution in [1.29, 1.82) is 0 Å². The Hall–Kier alpha value is -2.41. The normalized spacial score (nSPS) is 11.2. The van der Waals surface area contributed by atoms with Crippen molar-refractivity contribution in [3.05, 3.63) is 91.0 Å². The summed E-state index contributed by atoms with van der Waals surface area (Å²) in [6, 6.07) is 21.7. The molecule has 0 saturated carbocycles. The molecule has 0 saturated heterocycles. The van der Waals surface area contributed by atoms with Crippen molar-refractivity contribution in [1.82, 2.24) is 0 Å². The van der Waals surface area contributed by atoms with Crippen LogP contribution < -0.4 is 9.47 Å². The fourth-order valence-electron chi connectivity index (χ4n) is 3.05. The van der Waals surface area contributed by atoms with Crippen molar-refractivity contribution in [2.45, 2.75) is 0 Å². The minimum absolute atomic E-state index is 0.380. The molecule has 0 aliphatic rings. The second-order valence-electron chi connectivity index (χ2n) is 6.43. The zero-order valence-electron chi connectivity index (χ0n) is 15.9. The molecule has 0 amide bonds. The smallest absolute Gasteiger partial charge is 0.353 e. The zero-order chi connectivity index (χ0) is 21.1. The number of esters is 1. The molecule has 1 aromatic heterocycles. The lowest BCUT2D eigenvalue weighted by atomic mass is 10.0. The number of halogens is 2. The van der Waals surface area contributed by atoms with Crippen LogP contribution in [0.25, 0.3) is 22.9 Å². The van der Waals surface area contributed by atoms with Crippen molar-refractivity contribution >= 4 is 72.1 Å². The lowest BCUT2D eigenvalue weighted by Crippen LogP contribution is -2.07. The van der Waals surface area contributed by atoms with E-state index >= 15 is 0 Å². The Bertz CT molecular complexity index is 1240. The summed E-state index contributed by atoms with van der Waals surface area (Å²) in [4.78, 5) is 12.9. The third kappa shape index (κ3) is 4.51. The maximum absolute atomic E-state index is 12.4. The second kappa shape index (κ2) is 9.16. The minimum Gasteiger partial charge on any atom is -0.493 e. The van der Waals surface area contributed by atoms with Gasteiger partial charge in [-0.25, -0.2) is 4.79 Å². The van der Waals surface area contributed by atoms with Gasteiger partial charge < -0.3 is 9.47 Å². The average Bonchev–Trinajstić information content (AvgIpc) is 3.11. The molecule has 150 valence electrons. The lowest BCUT2D eigenvalue weighted by molar-refractivity contribution is 0.0735. The van der Waals surface area contributed by atoms with Crippen LogP contribution in [0.5, 0.6) is 11.5 Å². The van der Waals surface area contributed by atoms with Crippen molar-refractivity contribution in [2.75, 3.05) is 7.11 Å². The average molecular weight is 544 g/mol. The highest BCUT2D eigenvalue weighted by atomic mass is 79.9. The van der Waals surface area contributed by atoms with Gasteiger partial charge in [-0.2, -0.15) is 0 Å². The number of thiophene rings is 1.